The molecule has 0 atom stereocenters. The van der Waals surface area contributed by atoms with Crippen LogP contribution in [-0.4, -0.2) is 4.92 Å². The smallest absolute Gasteiger partial charge is 0.258 e. The fourth-order valence-electron chi connectivity index (χ4n) is 0.840. The van der Waals surface area contributed by atoms with Crippen LogP contribution < -0.4 is 0 Å². The van der Waals surface area contributed by atoms with Gasteiger partial charge in [0.25, 0.3) is 5.69 Å². The number of nitrogens with zero attached hydrogens (tertiary/aromatic N) is 1. The zero-order valence-corrected chi connectivity index (χ0v) is 8.52. The van der Waals surface area contributed by atoms with Crippen molar-refractivity contribution in [3.8, 4) is 0 Å². The van der Waals surface area contributed by atoms with Gasteiger partial charge in [-0.3, -0.25) is 10.1 Å². The summed E-state index contributed by atoms with van der Waals surface area (Å²) in [6.45, 7) is 1.62. The summed E-state index contributed by atoms with van der Waals surface area (Å²) in [5.41, 5.74) is 0.527. The molecule has 12 heavy (non-hydrogen) atoms. The summed E-state index contributed by atoms with van der Waals surface area (Å²) in [7, 11) is 0. The van der Waals surface area contributed by atoms with Crippen molar-refractivity contribution >= 4 is 33.2 Å². The molecule has 0 aliphatic heterocycles. The molecule has 64 valence electrons. The van der Waals surface area contributed by atoms with Gasteiger partial charge >= 0.3 is 0 Å². The topological polar surface area (TPSA) is 43.1 Å². The second kappa shape index (κ2) is 3.41. The Morgan fingerprint density at radius 1 is 1.58 bits per heavy atom. The lowest BCUT2D eigenvalue weighted by molar-refractivity contribution is -0.385. The van der Waals surface area contributed by atoms with E-state index < -0.39 is 4.92 Å². The van der Waals surface area contributed by atoms with Crippen LogP contribution in [0.5, 0.6) is 0 Å². The van der Waals surface area contributed by atoms with E-state index in [-0.39, 0.29) is 5.69 Å². The monoisotopic (exact) mass is 249 g/mol. The van der Waals surface area contributed by atoms with Crippen LogP contribution in [0.2, 0.25) is 5.02 Å². The van der Waals surface area contributed by atoms with Gasteiger partial charge in [0.15, 0.2) is 0 Å². The van der Waals surface area contributed by atoms with Crippen molar-refractivity contribution in [3.05, 3.63) is 37.3 Å². The minimum absolute atomic E-state index is 0.0446. The average Bonchev–Trinajstić information content (AvgIpc) is 2.00. The molecular formula is C7H5BrClNO2. The van der Waals surface area contributed by atoms with Gasteiger partial charge in [-0.2, -0.15) is 0 Å². The first-order valence-corrected chi connectivity index (χ1v) is 4.30. The van der Waals surface area contributed by atoms with Crippen molar-refractivity contribution in [1.82, 2.24) is 0 Å². The predicted octanol–water partition coefficient (Wildman–Crippen LogP) is 3.32. The lowest BCUT2D eigenvalue weighted by atomic mass is 10.2. The largest absolute Gasteiger partial charge is 0.273 e. The van der Waals surface area contributed by atoms with Crippen LogP contribution in [0.1, 0.15) is 5.56 Å². The molecule has 0 aliphatic carbocycles. The van der Waals surface area contributed by atoms with Crippen LogP contribution in [0.15, 0.2) is 16.6 Å². The molecule has 1 rings (SSSR count). The van der Waals surface area contributed by atoms with Gasteiger partial charge in [0, 0.05) is 16.1 Å². The quantitative estimate of drug-likeness (QED) is 0.567. The van der Waals surface area contributed by atoms with Gasteiger partial charge < -0.3 is 0 Å². The minimum atomic E-state index is -0.451. The van der Waals surface area contributed by atoms with Crippen LogP contribution in [0.25, 0.3) is 0 Å². The van der Waals surface area contributed by atoms with E-state index in [2.05, 4.69) is 15.9 Å². The minimum Gasteiger partial charge on any atom is -0.258 e. The van der Waals surface area contributed by atoms with Crippen molar-refractivity contribution in [1.29, 1.82) is 0 Å². The molecule has 0 fully saturated rings. The molecule has 0 saturated carbocycles. The van der Waals surface area contributed by atoms with Crippen LogP contribution in [0, 0.1) is 17.0 Å². The summed E-state index contributed by atoms with van der Waals surface area (Å²) < 4.78 is 0.673. The molecule has 1 aromatic carbocycles. The first-order valence-electron chi connectivity index (χ1n) is 3.13. The first-order chi connectivity index (χ1) is 5.54. The van der Waals surface area contributed by atoms with Crippen LogP contribution >= 0.6 is 27.5 Å². The van der Waals surface area contributed by atoms with Gasteiger partial charge in [0.2, 0.25) is 0 Å². The number of nitro groups is 1. The van der Waals surface area contributed by atoms with Crippen molar-refractivity contribution in [2.45, 2.75) is 6.92 Å². The Hall–Kier alpha value is -0.610. The molecule has 0 bridgehead atoms. The third-order valence-corrected chi connectivity index (χ3v) is 2.88. The van der Waals surface area contributed by atoms with Gasteiger partial charge in [0.05, 0.1) is 9.95 Å². The Kier molecular flexibility index (Phi) is 2.69. The van der Waals surface area contributed by atoms with Crippen LogP contribution in [-0.2, 0) is 0 Å². The number of halogens is 2. The van der Waals surface area contributed by atoms with Crippen molar-refractivity contribution < 1.29 is 4.92 Å². The summed E-state index contributed by atoms with van der Waals surface area (Å²) in [5.74, 6) is 0. The molecule has 0 aromatic heterocycles. The number of rotatable bonds is 1. The summed E-state index contributed by atoms with van der Waals surface area (Å²) >= 11 is 8.95. The lowest BCUT2D eigenvalue weighted by Gasteiger charge is -2.00. The zero-order valence-electron chi connectivity index (χ0n) is 6.17. The molecule has 0 heterocycles. The van der Waals surface area contributed by atoms with Gasteiger partial charge in [-0.1, -0.05) is 11.6 Å². The number of benzene rings is 1. The SMILES string of the molecule is Cc1c([N+](=O)[O-])ccc(Br)c1Cl. The molecule has 0 N–H and O–H groups in total. The van der Waals surface area contributed by atoms with E-state index in [9.17, 15) is 10.1 Å². The second-order valence-electron chi connectivity index (χ2n) is 2.26. The fourth-order valence-corrected chi connectivity index (χ4v) is 1.43. The van der Waals surface area contributed by atoms with Gasteiger partial charge in [-0.05, 0) is 28.9 Å². The highest BCUT2D eigenvalue weighted by molar-refractivity contribution is 9.10. The predicted molar refractivity (Wildman–Crippen MR) is 50.5 cm³/mol. The first kappa shape index (κ1) is 9.48. The molecule has 0 unspecified atom stereocenters. The highest BCUT2D eigenvalue weighted by Gasteiger charge is 2.14. The summed E-state index contributed by atoms with van der Waals surface area (Å²) in [5, 5.41) is 10.8. The molecule has 1 aromatic rings. The number of nitro benzene ring substituents is 1. The molecule has 0 saturated heterocycles. The van der Waals surface area contributed by atoms with E-state index in [1.807, 2.05) is 0 Å². The van der Waals surface area contributed by atoms with E-state index in [1.165, 1.54) is 6.07 Å². The maximum atomic E-state index is 10.4. The van der Waals surface area contributed by atoms with E-state index in [0.29, 0.717) is 15.1 Å². The lowest BCUT2D eigenvalue weighted by Crippen LogP contribution is -1.91. The fraction of sp³-hybridized carbons (Fsp3) is 0.143. The van der Waals surface area contributed by atoms with Gasteiger partial charge in [0.1, 0.15) is 0 Å². The summed E-state index contributed by atoms with van der Waals surface area (Å²) in [6, 6.07) is 2.98. The zero-order chi connectivity index (χ0) is 9.30. The van der Waals surface area contributed by atoms with Crippen molar-refractivity contribution in [3.63, 3.8) is 0 Å². The molecular weight excluding hydrogens is 245 g/mol. The molecule has 5 heteroatoms. The maximum Gasteiger partial charge on any atom is 0.273 e. The van der Waals surface area contributed by atoms with E-state index in [1.54, 1.807) is 13.0 Å². The Balaban J connectivity index is 3.36. The molecule has 0 radical (unpaired) electrons. The van der Waals surface area contributed by atoms with Gasteiger partial charge in [-0.15, -0.1) is 0 Å². The Morgan fingerprint density at radius 2 is 2.17 bits per heavy atom. The average molecular weight is 250 g/mol. The highest BCUT2D eigenvalue weighted by atomic mass is 79.9. The summed E-state index contributed by atoms with van der Waals surface area (Å²) in [6.07, 6.45) is 0. The molecule has 3 nitrogen and oxygen atoms in total. The molecule has 0 aliphatic rings. The maximum absolute atomic E-state index is 10.4. The van der Waals surface area contributed by atoms with Crippen LogP contribution in [0.4, 0.5) is 5.69 Å². The van der Waals surface area contributed by atoms with Crippen molar-refractivity contribution in [2.24, 2.45) is 0 Å². The second-order valence-corrected chi connectivity index (χ2v) is 3.49. The Morgan fingerprint density at radius 3 is 2.67 bits per heavy atom. The Bertz CT molecular complexity index is 340. The number of hydrogen-bond donors (Lipinski definition) is 0. The van der Waals surface area contributed by atoms with E-state index in [4.69, 9.17) is 11.6 Å². The normalized spacial score (nSPS) is 9.92. The van der Waals surface area contributed by atoms with E-state index >= 15 is 0 Å². The van der Waals surface area contributed by atoms with Crippen LogP contribution in [0.3, 0.4) is 0 Å². The number of hydrogen-bond acceptors (Lipinski definition) is 2. The standard InChI is InChI=1S/C7H5BrClNO2/c1-4-6(10(11)12)3-2-5(8)7(4)9/h2-3H,1H3. The Labute approximate surface area is 82.6 Å². The third-order valence-electron chi connectivity index (χ3n) is 1.51. The van der Waals surface area contributed by atoms with E-state index in [0.717, 1.165) is 0 Å². The third kappa shape index (κ3) is 1.59. The van der Waals surface area contributed by atoms with Gasteiger partial charge in [-0.25, -0.2) is 0 Å². The van der Waals surface area contributed by atoms with Crippen molar-refractivity contribution in [2.75, 3.05) is 0 Å². The summed E-state index contributed by atoms with van der Waals surface area (Å²) in [4.78, 5) is 9.97. The molecule has 0 spiro atoms. The highest BCUT2D eigenvalue weighted by Crippen LogP contribution is 2.31. The molecule has 0 amide bonds.